The summed E-state index contributed by atoms with van der Waals surface area (Å²) in [5.41, 5.74) is 1.28. The van der Waals surface area contributed by atoms with E-state index in [2.05, 4.69) is 21.2 Å². The fourth-order valence-corrected chi connectivity index (χ4v) is 3.00. The van der Waals surface area contributed by atoms with E-state index in [1.54, 1.807) is 17.4 Å². The Morgan fingerprint density at radius 2 is 2.11 bits per heavy atom. The summed E-state index contributed by atoms with van der Waals surface area (Å²) in [5, 5.41) is 2.73. The molecule has 0 bridgehead atoms. The van der Waals surface area contributed by atoms with Crippen molar-refractivity contribution >= 4 is 33.2 Å². The van der Waals surface area contributed by atoms with E-state index in [0.29, 0.717) is 11.0 Å². The number of hydrogen-bond acceptors (Lipinski definition) is 2. The molecule has 0 aliphatic carbocycles. The molecule has 0 fully saturated rings. The highest BCUT2D eigenvalue weighted by molar-refractivity contribution is 9.10. The Kier molecular flexibility index (Phi) is 4.37. The van der Waals surface area contributed by atoms with E-state index in [0.717, 1.165) is 4.88 Å². The predicted molar refractivity (Wildman–Crippen MR) is 79.1 cm³/mol. The second-order valence-electron chi connectivity index (χ2n) is 4.26. The first kappa shape index (κ1) is 14.2. The van der Waals surface area contributed by atoms with Crippen molar-refractivity contribution in [2.24, 2.45) is 0 Å². The normalized spacial score (nSPS) is 10.5. The third-order valence-electron chi connectivity index (χ3n) is 2.82. The van der Waals surface area contributed by atoms with Crippen LogP contribution in [0.3, 0.4) is 0 Å². The summed E-state index contributed by atoms with van der Waals surface area (Å²) in [4.78, 5) is 14.2. The smallest absolute Gasteiger partial charge is 0.254 e. The summed E-state index contributed by atoms with van der Waals surface area (Å²) in [6.45, 7) is 4.50. The van der Waals surface area contributed by atoms with Crippen LogP contribution in [0.25, 0.3) is 0 Å². The molecular formula is C14H13BrFNOS. The van der Waals surface area contributed by atoms with Crippen LogP contribution in [-0.4, -0.2) is 5.91 Å². The zero-order valence-electron chi connectivity index (χ0n) is 10.6. The Hall–Kier alpha value is -1.20. The van der Waals surface area contributed by atoms with E-state index in [1.807, 2.05) is 19.9 Å². The van der Waals surface area contributed by atoms with Gasteiger partial charge in [-0.2, -0.15) is 0 Å². The predicted octanol–water partition coefficient (Wildman–Crippen LogP) is 4.20. The summed E-state index contributed by atoms with van der Waals surface area (Å²) < 4.78 is 14.2. The molecule has 1 heterocycles. The second kappa shape index (κ2) is 5.84. The van der Waals surface area contributed by atoms with Gasteiger partial charge in [-0.05, 0) is 43.7 Å². The number of benzene rings is 1. The van der Waals surface area contributed by atoms with E-state index in [-0.39, 0.29) is 5.56 Å². The first-order valence-corrected chi connectivity index (χ1v) is 7.37. The van der Waals surface area contributed by atoms with Gasteiger partial charge in [-0.25, -0.2) is 4.39 Å². The number of carbonyl (C=O) groups is 1. The van der Waals surface area contributed by atoms with Gasteiger partial charge in [0.25, 0.3) is 5.91 Å². The summed E-state index contributed by atoms with van der Waals surface area (Å²) in [6, 6.07) is 6.45. The third kappa shape index (κ3) is 3.42. The lowest BCUT2D eigenvalue weighted by atomic mass is 10.2. The molecule has 5 heteroatoms. The Morgan fingerprint density at radius 1 is 1.37 bits per heavy atom. The van der Waals surface area contributed by atoms with Crippen molar-refractivity contribution in [3.05, 3.63) is 55.4 Å². The molecule has 1 aromatic heterocycles. The minimum Gasteiger partial charge on any atom is -0.347 e. The highest BCUT2D eigenvalue weighted by atomic mass is 79.9. The molecule has 0 saturated carbocycles. The number of hydrogen-bond donors (Lipinski definition) is 1. The van der Waals surface area contributed by atoms with Gasteiger partial charge in [0.2, 0.25) is 0 Å². The fraction of sp³-hybridized carbons (Fsp3) is 0.214. The quantitative estimate of drug-likeness (QED) is 0.890. The van der Waals surface area contributed by atoms with Gasteiger partial charge in [0.05, 0.1) is 12.1 Å². The number of aryl methyl sites for hydroxylation is 2. The Balaban J connectivity index is 2.05. The van der Waals surface area contributed by atoms with Crippen molar-refractivity contribution in [2.75, 3.05) is 0 Å². The molecule has 0 unspecified atom stereocenters. The van der Waals surface area contributed by atoms with Crippen LogP contribution in [0.4, 0.5) is 4.39 Å². The van der Waals surface area contributed by atoms with Crippen molar-refractivity contribution in [1.29, 1.82) is 0 Å². The minimum atomic E-state index is -0.523. The molecule has 1 N–H and O–H groups in total. The van der Waals surface area contributed by atoms with Crippen LogP contribution in [0, 0.1) is 19.7 Å². The Morgan fingerprint density at radius 3 is 2.68 bits per heavy atom. The maximum absolute atomic E-state index is 13.6. The molecule has 1 aromatic carbocycles. The maximum atomic E-state index is 13.6. The number of rotatable bonds is 3. The van der Waals surface area contributed by atoms with Gasteiger partial charge in [0, 0.05) is 14.2 Å². The van der Waals surface area contributed by atoms with Crippen molar-refractivity contribution in [2.45, 2.75) is 20.4 Å². The van der Waals surface area contributed by atoms with Gasteiger partial charge >= 0.3 is 0 Å². The molecule has 0 radical (unpaired) electrons. The van der Waals surface area contributed by atoms with E-state index in [1.165, 1.54) is 22.6 Å². The highest BCUT2D eigenvalue weighted by Crippen LogP contribution is 2.20. The standard InChI is InChI=1S/C14H13BrFNOS/c1-8-5-11(19-9(8)2)7-17-14(18)12-4-3-10(15)6-13(12)16/h3-6H,7H2,1-2H3,(H,17,18). The molecule has 1 amide bonds. The van der Waals surface area contributed by atoms with Gasteiger partial charge in [-0.1, -0.05) is 15.9 Å². The molecule has 2 nitrogen and oxygen atoms in total. The average molecular weight is 342 g/mol. The van der Waals surface area contributed by atoms with E-state index in [9.17, 15) is 9.18 Å². The number of carbonyl (C=O) groups excluding carboxylic acids is 1. The van der Waals surface area contributed by atoms with E-state index in [4.69, 9.17) is 0 Å². The van der Waals surface area contributed by atoms with Crippen LogP contribution in [0.15, 0.2) is 28.7 Å². The van der Waals surface area contributed by atoms with Crippen LogP contribution in [0.2, 0.25) is 0 Å². The van der Waals surface area contributed by atoms with Crippen molar-refractivity contribution < 1.29 is 9.18 Å². The maximum Gasteiger partial charge on any atom is 0.254 e. The molecule has 0 aliphatic rings. The number of amides is 1. The van der Waals surface area contributed by atoms with Gasteiger partial charge < -0.3 is 5.32 Å². The molecule has 2 rings (SSSR count). The minimum absolute atomic E-state index is 0.0631. The number of nitrogens with one attached hydrogen (secondary N) is 1. The SMILES string of the molecule is Cc1cc(CNC(=O)c2ccc(Br)cc2F)sc1C. The molecule has 0 saturated heterocycles. The monoisotopic (exact) mass is 341 g/mol. The summed E-state index contributed by atoms with van der Waals surface area (Å²) in [7, 11) is 0. The van der Waals surface area contributed by atoms with Gasteiger partial charge in [-0.15, -0.1) is 11.3 Å². The average Bonchev–Trinajstić information content (AvgIpc) is 2.66. The van der Waals surface area contributed by atoms with Crippen LogP contribution >= 0.6 is 27.3 Å². The molecule has 0 atom stereocenters. The van der Waals surface area contributed by atoms with Crippen LogP contribution in [-0.2, 0) is 6.54 Å². The van der Waals surface area contributed by atoms with E-state index >= 15 is 0 Å². The molecule has 0 aliphatic heterocycles. The summed E-state index contributed by atoms with van der Waals surface area (Å²) >= 11 is 4.80. The number of thiophene rings is 1. The van der Waals surface area contributed by atoms with Gasteiger partial charge in [0.1, 0.15) is 5.82 Å². The molecular weight excluding hydrogens is 329 g/mol. The van der Waals surface area contributed by atoms with Crippen molar-refractivity contribution in [3.8, 4) is 0 Å². The molecule has 2 aromatic rings. The van der Waals surface area contributed by atoms with Crippen molar-refractivity contribution in [1.82, 2.24) is 5.32 Å². The van der Waals surface area contributed by atoms with E-state index < -0.39 is 11.7 Å². The van der Waals surface area contributed by atoms with Crippen molar-refractivity contribution in [3.63, 3.8) is 0 Å². The lowest BCUT2D eigenvalue weighted by Crippen LogP contribution is -2.23. The zero-order chi connectivity index (χ0) is 14.0. The van der Waals surface area contributed by atoms with Crippen LogP contribution in [0.1, 0.15) is 25.7 Å². The fourth-order valence-electron chi connectivity index (χ4n) is 1.67. The summed E-state index contributed by atoms with van der Waals surface area (Å²) in [6.07, 6.45) is 0. The van der Waals surface area contributed by atoms with Crippen LogP contribution in [0.5, 0.6) is 0 Å². The lowest BCUT2D eigenvalue weighted by Gasteiger charge is -2.05. The lowest BCUT2D eigenvalue weighted by molar-refractivity contribution is 0.0947. The Bertz CT molecular complexity index is 604. The topological polar surface area (TPSA) is 29.1 Å². The Labute approximate surface area is 123 Å². The molecule has 19 heavy (non-hydrogen) atoms. The van der Waals surface area contributed by atoms with Crippen LogP contribution < -0.4 is 5.32 Å². The van der Waals surface area contributed by atoms with Gasteiger partial charge in [-0.3, -0.25) is 4.79 Å². The first-order valence-electron chi connectivity index (χ1n) is 5.76. The van der Waals surface area contributed by atoms with Gasteiger partial charge in [0.15, 0.2) is 0 Å². The third-order valence-corrected chi connectivity index (χ3v) is 4.46. The zero-order valence-corrected chi connectivity index (χ0v) is 13.0. The number of halogens is 2. The second-order valence-corrected chi connectivity index (χ2v) is 6.52. The molecule has 0 spiro atoms. The highest BCUT2D eigenvalue weighted by Gasteiger charge is 2.12. The first-order chi connectivity index (χ1) is 8.97. The molecule has 100 valence electrons. The largest absolute Gasteiger partial charge is 0.347 e. The summed E-state index contributed by atoms with van der Waals surface area (Å²) in [5.74, 6) is -0.917.